The standard InChI is InChI=1S/C20H19N3O2/c1-22-13-8-11-17(15-22)20(24)25-21-19(16-9-4-3-5-10-16)18-12-6-7-14-23(18)2/h3-15H,1-2H3/q+2. The quantitative estimate of drug-likeness (QED) is 0.317. The summed E-state index contributed by atoms with van der Waals surface area (Å²) in [5, 5.41) is 4.17. The normalized spacial score (nSPS) is 11.2. The lowest BCUT2D eigenvalue weighted by molar-refractivity contribution is -0.672. The van der Waals surface area contributed by atoms with E-state index < -0.39 is 5.97 Å². The summed E-state index contributed by atoms with van der Waals surface area (Å²) < 4.78 is 3.72. The van der Waals surface area contributed by atoms with E-state index in [1.165, 1.54) is 0 Å². The van der Waals surface area contributed by atoms with Gasteiger partial charge in [-0.1, -0.05) is 35.5 Å². The van der Waals surface area contributed by atoms with Crippen LogP contribution in [0.1, 0.15) is 21.6 Å². The van der Waals surface area contributed by atoms with Crippen LogP contribution in [0.25, 0.3) is 0 Å². The topological polar surface area (TPSA) is 46.4 Å². The Balaban J connectivity index is 1.96. The molecule has 0 aliphatic carbocycles. The van der Waals surface area contributed by atoms with Crippen molar-refractivity contribution in [2.24, 2.45) is 19.3 Å². The second kappa shape index (κ2) is 7.49. The molecule has 0 fully saturated rings. The maximum absolute atomic E-state index is 12.3. The van der Waals surface area contributed by atoms with Gasteiger partial charge in [-0.25, -0.2) is 9.36 Å². The molecule has 0 radical (unpaired) electrons. The number of hydrogen-bond acceptors (Lipinski definition) is 3. The lowest BCUT2D eigenvalue weighted by Gasteiger charge is -2.05. The van der Waals surface area contributed by atoms with Crippen molar-refractivity contribution in [3.05, 3.63) is 96.1 Å². The molecule has 0 saturated heterocycles. The van der Waals surface area contributed by atoms with Crippen LogP contribution in [0.15, 0.2) is 84.4 Å². The fourth-order valence-corrected chi connectivity index (χ4v) is 2.46. The minimum absolute atomic E-state index is 0.443. The Hall–Kier alpha value is -3.34. The molecule has 0 aliphatic rings. The summed E-state index contributed by atoms with van der Waals surface area (Å²) in [4.78, 5) is 17.5. The minimum atomic E-state index is -0.497. The number of carbonyl (C=O) groups is 1. The van der Waals surface area contributed by atoms with Crippen molar-refractivity contribution in [2.45, 2.75) is 0 Å². The Labute approximate surface area is 146 Å². The molecule has 0 unspecified atom stereocenters. The van der Waals surface area contributed by atoms with E-state index in [4.69, 9.17) is 4.84 Å². The van der Waals surface area contributed by atoms with Crippen LogP contribution >= 0.6 is 0 Å². The summed E-state index contributed by atoms with van der Waals surface area (Å²) in [5.41, 5.74) is 2.76. The average Bonchev–Trinajstić information content (AvgIpc) is 2.64. The van der Waals surface area contributed by atoms with Crippen molar-refractivity contribution in [1.82, 2.24) is 0 Å². The van der Waals surface area contributed by atoms with E-state index in [0.717, 1.165) is 11.3 Å². The maximum Gasteiger partial charge on any atom is 0.371 e. The number of hydrogen-bond donors (Lipinski definition) is 0. The molecular weight excluding hydrogens is 314 g/mol. The van der Waals surface area contributed by atoms with Crippen LogP contribution in [0.3, 0.4) is 0 Å². The third kappa shape index (κ3) is 3.95. The van der Waals surface area contributed by atoms with E-state index in [1.54, 1.807) is 22.9 Å². The Morgan fingerprint density at radius 2 is 1.60 bits per heavy atom. The van der Waals surface area contributed by atoms with E-state index in [0.29, 0.717) is 11.3 Å². The van der Waals surface area contributed by atoms with Crippen LogP contribution in [0.4, 0.5) is 0 Å². The van der Waals surface area contributed by atoms with E-state index in [1.807, 2.05) is 79.6 Å². The molecule has 0 N–H and O–H groups in total. The summed E-state index contributed by atoms with van der Waals surface area (Å²) in [5.74, 6) is -0.497. The molecule has 5 nitrogen and oxygen atoms in total. The van der Waals surface area contributed by atoms with Crippen LogP contribution in [-0.2, 0) is 18.9 Å². The van der Waals surface area contributed by atoms with Crippen LogP contribution in [0, 0.1) is 0 Å². The molecule has 0 saturated carbocycles. The molecular formula is C20H19N3O2+2. The molecule has 0 bridgehead atoms. The first-order valence-electron chi connectivity index (χ1n) is 7.90. The van der Waals surface area contributed by atoms with E-state index in [-0.39, 0.29) is 0 Å². The van der Waals surface area contributed by atoms with Gasteiger partial charge in [-0.3, -0.25) is 0 Å². The van der Waals surface area contributed by atoms with Gasteiger partial charge < -0.3 is 4.84 Å². The predicted molar refractivity (Wildman–Crippen MR) is 92.7 cm³/mol. The van der Waals surface area contributed by atoms with Gasteiger partial charge in [-0.05, 0) is 12.1 Å². The first-order chi connectivity index (χ1) is 12.1. The molecule has 1 aromatic carbocycles. The third-order valence-corrected chi connectivity index (χ3v) is 3.74. The Bertz CT molecular complexity index is 921. The summed E-state index contributed by atoms with van der Waals surface area (Å²) in [7, 11) is 3.77. The summed E-state index contributed by atoms with van der Waals surface area (Å²) in [6, 6.07) is 18.9. The molecule has 5 heteroatoms. The van der Waals surface area contributed by atoms with Crippen molar-refractivity contribution < 1.29 is 18.8 Å². The second-order valence-electron chi connectivity index (χ2n) is 5.64. The van der Waals surface area contributed by atoms with Gasteiger partial charge >= 0.3 is 5.97 Å². The SMILES string of the molecule is C[n+]1cccc(C(=O)ON=C(c2ccccc2)c2cccc[n+]2C)c1. The summed E-state index contributed by atoms with van der Waals surface area (Å²) in [6.45, 7) is 0. The van der Waals surface area contributed by atoms with Gasteiger partial charge in [0.05, 0.1) is 0 Å². The van der Waals surface area contributed by atoms with Gasteiger partial charge in [-0.2, -0.15) is 4.57 Å². The van der Waals surface area contributed by atoms with Crippen LogP contribution in [0.2, 0.25) is 0 Å². The highest BCUT2D eigenvalue weighted by atomic mass is 16.7. The number of benzene rings is 1. The van der Waals surface area contributed by atoms with Crippen LogP contribution in [0.5, 0.6) is 0 Å². The van der Waals surface area contributed by atoms with Crippen LogP contribution < -0.4 is 9.13 Å². The van der Waals surface area contributed by atoms with Gasteiger partial charge in [0.25, 0.3) is 0 Å². The molecule has 0 amide bonds. The molecule has 2 heterocycles. The minimum Gasteiger partial charge on any atom is -0.312 e. The van der Waals surface area contributed by atoms with Gasteiger partial charge in [0, 0.05) is 23.8 Å². The molecule has 25 heavy (non-hydrogen) atoms. The zero-order valence-electron chi connectivity index (χ0n) is 14.2. The zero-order chi connectivity index (χ0) is 17.6. The van der Waals surface area contributed by atoms with Gasteiger partial charge in [-0.15, -0.1) is 0 Å². The molecule has 0 aliphatic heterocycles. The van der Waals surface area contributed by atoms with E-state index in [2.05, 4.69) is 5.16 Å². The maximum atomic E-state index is 12.3. The van der Waals surface area contributed by atoms with Gasteiger partial charge in [0.1, 0.15) is 19.7 Å². The number of oxime groups is 1. The molecule has 3 aromatic rings. The Morgan fingerprint density at radius 3 is 2.32 bits per heavy atom. The predicted octanol–water partition coefficient (Wildman–Crippen LogP) is 1.95. The van der Waals surface area contributed by atoms with Crippen molar-refractivity contribution in [1.29, 1.82) is 0 Å². The highest BCUT2D eigenvalue weighted by molar-refractivity contribution is 6.10. The largest absolute Gasteiger partial charge is 0.371 e. The third-order valence-electron chi connectivity index (χ3n) is 3.74. The highest BCUT2D eigenvalue weighted by Crippen LogP contribution is 2.09. The molecule has 0 atom stereocenters. The lowest BCUT2D eigenvalue weighted by Crippen LogP contribution is -2.36. The van der Waals surface area contributed by atoms with Crippen molar-refractivity contribution in [2.75, 3.05) is 0 Å². The smallest absolute Gasteiger partial charge is 0.312 e. The lowest BCUT2D eigenvalue weighted by atomic mass is 10.1. The average molecular weight is 333 g/mol. The molecule has 3 rings (SSSR count). The highest BCUT2D eigenvalue weighted by Gasteiger charge is 2.18. The molecule has 2 aromatic heterocycles. The summed E-state index contributed by atoms with van der Waals surface area (Å²) in [6.07, 6.45) is 5.47. The number of pyridine rings is 2. The van der Waals surface area contributed by atoms with Crippen molar-refractivity contribution >= 4 is 11.7 Å². The number of carbonyl (C=O) groups excluding carboxylic acids is 1. The van der Waals surface area contributed by atoms with Crippen molar-refractivity contribution in [3.63, 3.8) is 0 Å². The van der Waals surface area contributed by atoms with Crippen LogP contribution in [-0.4, -0.2) is 11.7 Å². The Kier molecular flexibility index (Phi) is 4.95. The van der Waals surface area contributed by atoms with E-state index >= 15 is 0 Å². The molecule has 124 valence electrons. The number of rotatable bonds is 4. The van der Waals surface area contributed by atoms with Gasteiger partial charge in [0.15, 0.2) is 24.3 Å². The number of aromatic nitrogens is 2. The monoisotopic (exact) mass is 333 g/mol. The summed E-state index contributed by atoms with van der Waals surface area (Å²) >= 11 is 0. The number of aryl methyl sites for hydroxylation is 2. The second-order valence-corrected chi connectivity index (χ2v) is 5.64. The first-order valence-corrected chi connectivity index (χ1v) is 7.90. The fraction of sp³-hybridized carbons (Fsp3) is 0.100. The van der Waals surface area contributed by atoms with Gasteiger partial charge in [0.2, 0.25) is 5.69 Å². The molecule has 0 spiro atoms. The van der Waals surface area contributed by atoms with Crippen molar-refractivity contribution in [3.8, 4) is 0 Å². The number of nitrogens with zero attached hydrogens (tertiary/aromatic N) is 3. The van der Waals surface area contributed by atoms with E-state index in [9.17, 15) is 4.79 Å². The first kappa shape index (κ1) is 16.5. The zero-order valence-corrected chi connectivity index (χ0v) is 14.2. The fourth-order valence-electron chi connectivity index (χ4n) is 2.46. The Morgan fingerprint density at radius 1 is 0.880 bits per heavy atom.